The summed E-state index contributed by atoms with van der Waals surface area (Å²) in [7, 11) is 1.47. The molecule has 4 amide bonds. The molecule has 0 fully saturated rings. The average molecular weight is 765 g/mol. The molecule has 11 nitrogen and oxygen atoms in total. The number of phenolic OH excluding ortho intramolecular Hbond substituents is 1. The molecule has 39 heavy (non-hydrogen) atoms. The number of halogens is 2. The molecule has 0 heterocycles. The Kier molecular flexibility index (Phi) is 13.4. The predicted octanol–water partition coefficient (Wildman–Crippen LogP) is 0.270. The number of phenols is 1. The maximum atomic E-state index is 12.8. The first kappa shape index (κ1) is 32.7. The van der Waals surface area contributed by atoms with Gasteiger partial charge in [0.05, 0.1) is 26.3 Å². The maximum Gasteiger partial charge on any atom is 0.243 e. The van der Waals surface area contributed by atoms with Crippen molar-refractivity contribution in [1.82, 2.24) is 20.9 Å². The molecule has 0 bridgehead atoms. The van der Waals surface area contributed by atoms with Crippen LogP contribution in [0.4, 0.5) is 0 Å². The molecule has 13 heteroatoms. The van der Waals surface area contributed by atoms with Crippen molar-refractivity contribution in [2.45, 2.75) is 37.9 Å². The van der Waals surface area contributed by atoms with E-state index in [0.717, 1.165) is 11.1 Å². The van der Waals surface area contributed by atoms with E-state index in [1.807, 2.05) is 75.5 Å². The van der Waals surface area contributed by atoms with Gasteiger partial charge in [-0.1, -0.05) is 30.3 Å². The number of nitrogens with one attached hydrogen (secondary N) is 3. The molecule has 0 aromatic heterocycles. The van der Waals surface area contributed by atoms with Crippen LogP contribution >= 0.6 is 45.2 Å². The van der Waals surface area contributed by atoms with Gasteiger partial charge in [-0.2, -0.15) is 0 Å². The highest BCUT2D eigenvalue weighted by molar-refractivity contribution is 14.1. The van der Waals surface area contributed by atoms with Gasteiger partial charge in [0.25, 0.3) is 0 Å². The van der Waals surface area contributed by atoms with Gasteiger partial charge in [0.1, 0.15) is 17.8 Å². The molecule has 0 saturated heterocycles. The van der Waals surface area contributed by atoms with Crippen molar-refractivity contribution in [2.24, 2.45) is 5.73 Å². The van der Waals surface area contributed by atoms with Gasteiger partial charge in [0.15, 0.2) is 0 Å². The summed E-state index contributed by atoms with van der Waals surface area (Å²) in [5, 5.41) is 26.6. The number of hydrogen-bond donors (Lipinski definition) is 6. The molecule has 0 spiro atoms. The molecule has 0 aliphatic heterocycles. The third kappa shape index (κ3) is 10.2. The number of aromatic hydroxyl groups is 1. The van der Waals surface area contributed by atoms with Crippen LogP contribution in [0.25, 0.3) is 0 Å². The third-order valence-corrected chi connectivity index (χ3v) is 7.53. The van der Waals surface area contributed by atoms with Crippen LogP contribution < -0.4 is 21.7 Å². The minimum absolute atomic E-state index is 0.0491. The van der Waals surface area contributed by atoms with Crippen LogP contribution in [-0.4, -0.2) is 83.6 Å². The normalized spacial score (nSPS) is 13.1. The molecule has 0 radical (unpaired) electrons. The Morgan fingerprint density at radius 2 is 1.56 bits per heavy atom. The number of nitrogens with two attached hydrogens (primary N) is 1. The zero-order chi connectivity index (χ0) is 29.1. The first-order valence-electron chi connectivity index (χ1n) is 12.1. The Labute approximate surface area is 254 Å². The lowest BCUT2D eigenvalue weighted by molar-refractivity contribution is -0.139. The van der Waals surface area contributed by atoms with Gasteiger partial charge in [0, 0.05) is 20.0 Å². The molecule has 7 N–H and O–H groups in total. The van der Waals surface area contributed by atoms with Crippen LogP contribution in [0.5, 0.6) is 5.75 Å². The number of aliphatic hydroxyl groups is 1. The number of carbonyl (C=O) groups excluding carboxylic acids is 4. The zero-order valence-corrected chi connectivity index (χ0v) is 25.9. The summed E-state index contributed by atoms with van der Waals surface area (Å²) >= 11 is 3.99. The summed E-state index contributed by atoms with van der Waals surface area (Å²) in [5.74, 6) is -1.89. The molecule has 2 rings (SSSR count). The molecule has 0 saturated carbocycles. The Morgan fingerprint density at radius 1 is 0.949 bits per heavy atom. The smallest absolute Gasteiger partial charge is 0.243 e. The van der Waals surface area contributed by atoms with Gasteiger partial charge in [-0.15, -0.1) is 0 Å². The van der Waals surface area contributed by atoms with Crippen molar-refractivity contribution >= 4 is 68.8 Å². The van der Waals surface area contributed by atoms with E-state index in [2.05, 4.69) is 16.0 Å². The lowest BCUT2D eigenvalue weighted by atomic mass is 10.0. The number of aliphatic hydroxyl groups excluding tert-OH is 1. The fraction of sp³-hybridized carbons (Fsp3) is 0.385. The summed E-state index contributed by atoms with van der Waals surface area (Å²) in [6.07, 6.45) is 0.453. The Balaban J connectivity index is 1.93. The lowest BCUT2D eigenvalue weighted by Crippen LogP contribution is -2.54. The second kappa shape index (κ2) is 15.9. The summed E-state index contributed by atoms with van der Waals surface area (Å²) in [6, 6.07) is 9.89. The van der Waals surface area contributed by atoms with Crippen LogP contribution in [-0.2, 0) is 32.0 Å². The molecule has 2 aromatic carbocycles. The van der Waals surface area contributed by atoms with E-state index >= 15 is 0 Å². The number of carbonyl (C=O) groups is 4. The van der Waals surface area contributed by atoms with Gasteiger partial charge in [0.2, 0.25) is 23.6 Å². The van der Waals surface area contributed by atoms with Gasteiger partial charge < -0.3 is 36.8 Å². The van der Waals surface area contributed by atoms with Crippen molar-refractivity contribution in [2.75, 3.05) is 26.7 Å². The van der Waals surface area contributed by atoms with E-state index < -0.39 is 41.8 Å². The van der Waals surface area contributed by atoms with Crippen molar-refractivity contribution in [1.29, 1.82) is 0 Å². The minimum atomic E-state index is -0.963. The molecular formula is C26H33I2N5O6. The Bertz CT molecular complexity index is 1140. The summed E-state index contributed by atoms with van der Waals surface area (Å²) in [6.45, 7) is 0.900. The Morgan fingerprint density at radius 3 is 2.15 bits per heavy atom. The van der Waals surface area contributed by atoms with E-state index in [4.69, 9.17) is 10.8 Å². The van der Waals surface area contributed by atoms with Crippen molar-refractivity contribution < 1.29 is 29.4 Å². The quantitative estimate of drug-likeness (QED) is 0.159. The van der Waals surface area contributed by atoms with Crippen LogP contribution in [0.2, 0.25) is 0 Å². The fourth-order valence-corrected chi connectivity index (χ4v) is 5.52. The highest BCUT2D eigenvalue weighted by Crippen LogP contribution is 2.27. The lowest BCUT2D eigenvalue weighted by Gasteiger charge is -2.28. The topological polar surface area (TPSA) is 174 Å². The average Bonchev–Trinajstić information content (AvgIpc) is 2.91. The number of likely N-dealkylation sites (N-methyl/N-ethyl adjacent to an activating group) is 1. The second-order valence-corrected chi connectivity index (χ2v) is 11.2. The summed E-state index contributed by atoms with van der Waals surface area (Å²) in [5.41, 5.74) is 7.64. The molecule has 0 aliphatic carbocycles. The van der Waals surface area contributed by atoms with E-state index in [9.17, 15) is 24.3 Å². The highest BCUT2D eigenvalue weighted by Gasteiger charge is 2.28. The second-order valence-electron chi connectivity index (χ2n) is 8.89. The predicted molar refractivity (Wildman–Crippen MR) is 163 cm³/mol. The molecular weight excluding hydrogens is 732 g/mol. The highest BCUT2D eigenvalue weighted by atomic mass is 127. The van der Waals surface area contributed by atoms with Crippen molar-refractivity contribution in [3.05, 3.63) is 60.7 Å². The van der Waals surface area contributed by atoms with Crippen molar-refractivity contribution in [3.8, 4) is 5.75 Å². The first-order chi connectivity index (χ1) is 18.4. The van der Waals surface area contributed by atoms with Gasteiger partial charge in [-0.3, -0.25) is 19.2 Å². The molecule has 0 unspecified atom stereocenters. The van der Waals surface area contributed by atoms with Crippen LogP contribution in [0.3, 0.4) is 0 Å². The van der Waals surface area contributed by atoms with Crippen LogP contribution in [0.15, 0.2) is 42.5 Å². The molecule has 212 valence electrons. The minimum Gasteiger partial charge on any atom is -0.506 e. The number of rotatable bonds is 13. The fourth-order valence-electron chi connectivity index (χ4n) is 3.62. The monoisotopic (exact) mass is 765 g/mol. The van der Waals surface area contributed by atoms with E-state index in [1.54, 1.807) is 12.1 Å². The van der Waals surface area contributed by atoms with Gasteiger partial charge in [-0.05, 0) is 81.8 Å². The molecule has 3 atom stereocenters. The van der Waals surface area contributed by atoms with E-state index in [-0.39, 0.29) is 38.3 Å². The number of benzene rings is 2. The SMILES string of the molecule is C[C@H](NC(=O)[C@@H](N)Cc1cc(I)c(O)c(I)c1)C(=O)NCC(=O)N(C)[C@H](Cc1ccccc1)C(=O)NCCO. The van der Waals surface area contributed by atoms with Gasteiger partial charge in [-0.25, -0.2) is 0 Å². The third-order valence-electron chi connectivity index (χ3n) is 5.88. The summed E-state index contributed by atoms with van der Waals surface area (Å²) in [4.78, 5) is 51.9. The van der Waals surface area contributed by atoms with Crippen molar-refractivity contribution in [3.63, 3.8) is 0 Å². The number of nitrogens with zero attached hydrogens (tertiary/aromatic N) is 1. The van der Waals surface area contributed by atoms with Crippen LogP contribution in [0, 0.1) is 7.14 Å². The standard InChI is InChI=1S/C26H33I2N5O6/c1-15(32-25(38)20(29)12-17-10-18(27)23(36)19(28)11-17)24(37)31-14-22(35)33(2)21(26(39)30-8-9-34)13-16-6-4-3-5-7-16/h3-7,10-11,15,20-21,34,36H,8-9,12-14,29H2,1-2H3,(H,30,39)(H,31,37)(H,32,38)/t15-,20-,21+/m0/s1. The molecule has 2 aromatic rings. The van der Waals surface area contributed by atoms with Crippen LogP contribution in [0.1, 0.15) is 18.1 Å². The van der Waals surface area contributed by atoms with E-state index in [1.165, 1.54) is 18.9 Å². The number of hydrogen-bond acceptors (Lipinski definition) is 7. The summed E-state index contributed by atoms with van der Waals surface area (Å²) < 4.78 is 1.28. The first-order valence-corrected chi connectivity index (χ1v) is 14.3. The largest absolute Gasteiger partial charge is 0.506 e. The molecule has 0 aliphatic rings. The van der Waals surface area contributed by atoms with Gasteiger partial charge >= 0.3 is 0 Å². The number of amides is 4. The maximum absolute atomic E-state index is 12.8. The van der Waals surface area contributed by atoms with E-state index in [0.29, 0.717) is 7.14 Å². The zero-order valence-electron chi connectivity index (χ0n) is 21.6. The Hall–Kier alpha value is -2.50.